The third kappa shape index (κ3) is 4.27. The van der Waals surface area contributed by atoms with Gasteiger partial charge in [-0.3, -0.25) is 4.79 Å². The summed E-state index contributed by atoms with van der Waals surface area (Å²) in [6.07, 6.45) is 3.85. The van der Waals surface area contributed by atoms with E-state index in [-0.39, 0.29) is 5.91 Å². The first-order valence-corrected chi connectivity index (χ1v) is 7.58. The van der Waals surface area contributed by atoms with E-state index >= 15 is 0 Å². The molecular weight excluding hydrogens is 297 g/mol. The number of amides is 1. The zero-order valence-corrected chi connectivity index (χ0v) is 12.8. The van der Waals surface area contributed by atoms with Crippen LogP contribution in [0.3, 0.4) is 0 Å². The Balaban J connectivity index is 1.82. The number of benzene rings is 1. The summed E-state index contributed by atoms with van der Waals surface area (Å²) in [4.78, 5) is 14.3. The molecule has 0 radical (unpaired) electrons. The quantitative estimate of drug-likeness (QED) is 0.819. The average Bonchev–Trinajstić information content (AvgIpc) is 2.87. The molecule has 1 aliphatic rings. The second-order valence-corrected chi connectivity index (χ2v) is 5.90. The topological polar surface area (TPSA) is 58.4 Å². The second-order valence-electron chi connectivity index (χ2n) is 5.05. The highest BCUT2D eigenvalue weighted by atomic mass is 35.5. The highest BCUT2D eigenvalue weighted by molar-refractivity contribution is 6.37. The predicted molar refractivity (Wildman–Crippen MR) is 84.4 cm³/mol. The number of halogens is 2. The molecule has 0 aliphatic carbocycles. The van der Waals surface area contributed by atoms with Gasteiger partial charge >= 0.3 is 0 Å². The number of nitrogens with zero attached hydrogens (tertiary/aromatic N) is 1. The first kappa shape index (κ1) is 15.4. The lowest BCUT2D eigenvalue weighted by Gasteiger charge is -2.14. The van der Waals surface area contributed by atoms with Crippen molar-refractivity contribution in [3.8, 4) is 0 Å². The van der Waals surface area contributed by atoms with Gasteiger partial charge in [-0.15, -0.1) is 0 Å². The van der Waals surface area contributed by atoms with Crippen LogP contribution in [0.1, 0.15) is 25.7 Å². The zero-order chi connectivity index (χ0) is 14.5. The van der Waals surface area contributed by atoms with Crippen molar-refractivity contribution in [2.75, 3.05) is 30.7 Å². The maximum absolute atomic E-state index is 11.9. The minimum absolute atomic E-state index is 0.0693. The molecule has 1 heterocycles. The summed E-state index contributed by atoms with van der Waals surface area (Å²) in [6.45, 7) is 3.27. The summed E-state index contributed by atoms with van der Waals surface area (Å²) < 4.78 is 0. The highest BCUT2D eigenvalue weighted by Gasteiger charge is 2.13. The van der Waals surface area contributed by atoms with Crippen LogP contribution in [0.5, 0.6) is 0 Å². The predicted octanol–water partition coefficient (Wildman–Crippen LogP) is 3.39. The van der Waals surface area contributed by atoms with Crippen LogP contribution >= 0.6 is 23.2 Å². The molecule has 3 N–H and O–H groups in total. The SMILES string of the molecule is Nc1cc(Cl)cc(Cl)c1NC(=O)CCCN1CCCC1. The largest absolute Gasteiger partial charge is 0.397 e. The van der Waals surface area contributed by atoms with E-state index in [9.17, 15) is 4.79 Å². The molecule has 0 aromatic heterocycles. The molecule has 0 unspecified atom stereocenters. The van der Waals surface area contributed by atoms with Gasteiger partial charge in [0.1, 0.15) is 0 Å². The van der Waals surface area contributed by atoms with Gasteiger partial charge in [0.05, 0.1) is 16.4 Å². The monoisotopic (exact) mass is 315 g/mol. The first-order valence-electron chi connectivity index (χ1n) is 6.83. The van der Waals surface area contributed by atoms with E-state index in [4.69, 9.17) is 28.9 Å². The fourth-order valence-corrected chi connectivity index (χ4v) is 2.95. The number of nitrogens with one attached hydrogen (secondary N) is 1. The van der Waals surface area contributed by atoms with Crippen LogP contribution < -0.4 is 11.1 Å². The summed E-state index contributed by atoms with van der Waals surface area (Å²) in [5, 5.41) is 3.58. The molecule has 2 rings (SSSR count). The Kier molecular flexibility index (Phi) is 5.52. The Morgan fingerprint density at radius 2 is 2.00 bits per heavy atom. The lowest BCUT2D eigenvalue weighted by Crippen LogP contribution is -2.22. The molecule has 0 spiro atoms. The molecule has 1 saturated heterocycles. The Morgan fingerprint density at radius 3 is 2.65 bits per heavy atom. The zero-order valence-electron chi connectivity index (χ0n) is 11.3. The molecule has 0 saturated carbocycles. The van der Waals surface area contributed by atoms with Gasteiger partial charge in [0.25, 0.3) is 0 Å². The van der Waals surface area contributed by atoms with Gasteiger partial charge in [0, 0.05) is 11.4 Å². The first-order chi connectivity index (χ1) is 9.56. The molecule has 0 atom stereocenters. The number of likely N-dealkylation sites (tertiary alicyclic amines) is 1. The molecule has 6 heteroatoms. The second kappa shape index (κ2) is 7.16. The van der Waals surface area contributed by atoms with Crippen molar-refractivity contribution in [3.63, 3.8) is 0 Å². The van der Waals surface area contributed by atoms with Crippen molar-refractivity contribution >= 4 is 40.5 Å². The summed E-state index contributed by atoms with van der Waals surface area (Å²) in [5.74, 6) is -0.0693. The minimum Gasteiger partial charge on any atom is -0.397 e. The van der Waals surface area contributed by atoms with Crippen molar-refractivity contribution in [2.45, 2.75) is 25.7 Å². The van der Waals surface area contributed by atoms with Gasteiger partial charge in [0.2, 0.25) is 5.91 Å². The third-order valence-electron chi connectivity index (χ3n) is 3.43. The van der Waals surface area contributed by atoms with E-state index in [1.54, 1.807) is 12.1 Å². The third-order valence-corrected chi connectivity index (χ3v) is 3.94. The summed E-state index contributed by atoms with van der Waals surface area (Å²) in [5.41, 5.74) is 6.64. The van der Waals surface area contributed by atoms with Crippen LogP contribution in [0.25, 0.3) is 0 Å². The van der Waals surface area contributed by atoms with E-state index in [1.165, 1.54) is 12.8 Å². The van der Waals surface area contributed by atoms with Gasteiger partial charge in [0.15, 0.2) is 0 Å². The van der Waals surface area contributed by atoms with E-state index in [1.807, 2.05) is 0 Å². The molecular formula is C14H19Cl2N3O. The Morgan fingerprint density at radius 1 is 1.30 bits per heavy atom. The summed E-state index contributed by atoms with van der Waals surface area (Å²) in [6, 6.07) is 3.15. The maximum atomic E-state index is 11.9. The molecule has 1 aliphatic heterocycles. The lowest BCUT2D eigenvalue weighted by atomic mass is 10.2. The van der Waals surface area contributed by atoms with Crippen molar-refractivity contribution in [3.05, 3.63) is 22.2 Å². The fourth-order valence-electron chi connectivity index (χ4n) is 2.40. The van der Waals surface area contributed by atoms with Gasteiger partial charge in [-0.25, -0.2) is 0 Å². The van der Waals surface area contributed by atoms with Crippen molar-refractivity contribution in [1.29, 1.82) is 0 Å². The smallest absolute Gasteiger partial charge is 0.224 e. The number of anilines is 2. The fraction of sp³-hybridized carbons (Fsp3) is 0.500. The summed E-state index contributed by atoms with van der Waals surface area (Å²) in [7, 11) is 0. The van der Waals surface area contributed by atoms with E-state index in [2.05, 4.69) is 10.2 Å². The molecule has 1 aromatic carbocycles. The molecule has 0 bridgehead atoms. The molecule has 1 fully saturated rings. The number of nitrogens with two attached hydrogens (primary N) is 1. The van der Waals surface area contributed by atoms with Crippen molar-refractivity contribution in [2.24, 2.45) is 0 Å². The van der Waals surface area contributed by atoms with Crippen LogP contribution in [0, 0.1) is 0 Å². The van der Waals surface area contributed by atoms with Crippen LogP contribution in [-0.4, -0.2) is 30.4 Å². The highest BCUT2D eigenvalue weighted by Crippen LogP contribution is 2.32. The van der Waals surface area contributed by atoms with Gasteiger partial charge in [-0.05, 0) is 51.0 Å². The molecule has 1 amide bonds. The number of carbonyl (C=O) groups is 1. The lowest BCUT2D eigenvalue weighted by molar-refractivity contribution is -0.116. The Bertz CT molecular complexity index is 464. The minimum atomic E-state index is -0.0693. The van der Waals surface area contributed by atoms with E-state index in [0.29, 0.717) is 27.8 Å². The normalized spacial score (nSPS) is 15.5. The molecule has 4 nitrogen and oxygen atoms in total. The number of hydrogen-bond acceptors (Lipinski definition) is 3. The van der Waals surface area contributed by atoms with Crippen LogP contribution in [0.4, 0.5) is 11.4 Å². The Hall–Kier alpha value is -0.970. The number of hydrogen-bond donors (Lipinski definition) is 2. The van der Waals surface area contributed by atoms with Crippen LogP contribution in [0.2, 0.25) is 10.0 Å². The number of nitrogen functional groups attached to an aromatic ring is 1. The Labute approximate surface area is 129 Å². The van der Waals surface area contributed by atoms with E-state index in [0.717, 1.165) is 26.1 Å². The molecule has 20 heavy (non-hydrogen) atoms. The number of carbonyl (C=O) groups excluding carboxylic acids is 1. The van der Waals surface area contributed by atoms with Gasteiger partial charge in [-0.2, -0.15) is 0 Å². The van der Waals surface area contributed by atoms with Crippen LogP contribution in [-0.2, 0) is 4.79 Å². The van der Waals surface area contributed by atoms with Gasteiger partial charge in [-0.1, -0.05) is 23.2 Å². The van der Waals surface area contributed by atoms with Crippen molar-refractivity contribution in [1.82, 2.24) is 4.90 Å². The molecule has 1 aromatic rings. The average molecular weight is 316 g/mol. The number of rotatable bonds is 5. The standard InChI is InChI=1S/C14H19Cl2N3O/c15-10-8-11(16)14(12(17)9-10)18-13(20)4-3-7-19-5-1-2-6-19/h8-9H,1-7,17H2,(H,18,20). The maximum Gasteiger partial charge on any atom is 0.224 e. The van der Waals surface area contributed by atoms with E-state index < -0.39 is 0 Å². The van der Waals surface area contributed by atoms with Gasteiger partial charge < -0.3 is 16.0 Å². The van der Waals surface area contributed by atoms with Crippen LogP contribution in [0.15, 0.2) is 12.1 Å². The summed E-state index contributed by atoms with van der Waals surface area (Å²) >= 11 is 11.9. The molecule has 110 valence electrons. The van der Waals surface area contributed by atoms with Crippen molar-refractivity contribution < 1.29 is 4.79 Å².